The van der Waals surface area contributed by atoms with Crippen molar-refractivity contribution in [3.05, 3.63) is 12.5 Å². The van der Waals surface area contributed by atoms with Gasteiger partial charge in [-0.3, -0.25) is 0 Å². The predicted octanol–water partition coefficient (Wildman–Crippen LogP) is 1.42. The molecule has 0 aromatic heterocycles. The van der Waals surface area contributed by atoms with E-state index in [0.29, 0.717) is 5.41 Å². The molecule has 1 N–H and O–H groups in total. The van der Waals surface area contributed by atoms with Crippen molar-refractivity contribution in [2.24, 2.45) is 5.41 Å². The van der Waals surface area contributed by atoms with Crippen molar-refractivity contribution in [2.45, 2.75) is 44.2 Å². The second kappa shape index (κ2) is 4.98. The summed E-state index contributed by atoms with van der Waals surface area (Å²) in [6.45, 7) is 8.33. The molecule has 4 nitrogen and oxygen atoms in total. The van der Waals surface area contributed by atoms with E-state index in [1.54, 1.807) is 7.11 Å². The Bertz CT molecular complexity index is 344. The summed E-state index contributed by atoms with van der Waals surface area (Å²) in [7, 11) is 1.70. The van der Waals surface area contributed by atoms with Crippen LogP contribution in [0.25, 0.3) is 0 Å². The Morgan fingerprint density at radius 2 is 1.95 bits per heavy atom. The molecule has 3 fully saturated rings. The fourth-order valence-corrected chi connectivity index (χ4v) is 4.06. The number of rotatable bonds is 3. The lowest BCUT2D eigenvalue weighted by molar-refractivity contribution is -0.0238. The third kappa shape index (κ3) is 2.48. The summed E-state index contributed by atoms with van der Waals surface area (Å²) in [6.07, 6.45) is 5.76. The molecule has 0 aromatic rings. The lowest BCUT2D eigenvalue weighted by Crippen LogP contribution is -2.54. The highest BCUT2D eigenvalue weighted by molar-refractivity contribution is 5.06. The summed E-state index contributed by atoms with van der Waals surface area (Å²) in [5, 5.41) is 9.57. The van der Waals surface area contributed by atoms with Gasteiger partial charge in [0, 0.05) is 32.2 Å². The van der Waals surface area contributed by atoms with E-state index in [-0.39, 0.29) is 6.10 Å². The van der Waals surface area contributed by atoms with Crippen LogP contribution in [0.2, 0.25) is 0 Å². The van der Waals surface area contributed by atoms with Crippen molar-refractivity contribution in [1.82, 2.24) is 9.80 Å². The van der Waals surface area contributed by atoms with Crippen molar-refractivity contribution in [3.63, 3.8) is 0 Å². The molecule has 0 atom stereocenters. The lowest BCUT2D eigenvalue weighted by atomic mass is 9.64. The Labute approximate surface area is 116 Å². The first kappa shape index (κ1) is 13.3. The van der Waals surface area contributed by atoms with Gasteiger partial charge in [-0.1, -0.05) is 0 Å². The van der Waals surface area contributed by atoms with Crippen LogP contribution in [-0.4, -0.2) is 60.3 Å². The standard InChI is InChI=1S/C15H26N2O2/c1-12(19-2)17-8-5-15(11-17)9-13(10-15)16-6-3-14(18)4-7-16/h13-14,18H,1,3-11H2,2H3. The van der Waals surface area contributed by atoms with Crippen LogP contribution in [0, 0.1) is 5.41 Å². The van der Waals surface area contributed by atoms with Gasteiger partial charge in [-0.25, -0.2) is 0 Å². The zero-order chi connectivity index (χ0) is 13.5. The number of piperidine rings is 1. The molecule has 0 radical (unpaired) electrons. The third-order valence-electron chi connectivity index (χ3n) is 5.38. The van der Waals surface area contributed by atoms with Gasteiger partial charge in [-0.2, -0.15) is 0 Å². The van der Waals surface area contributed by atoms with E-state index in [1.807, 2.05) is 0 Å². The number of methoxy groups -OCH3 is 1. The van der Waals surface area contributed by atoms with E-state index in [4.69, 9.17) is 4.74 Å². The van der Waals surface area contributed by atoms with Gasteiger partial charge in [-0.05, 0) is 44.1 Å². The number of aliphatic hydroxyl groups is 1. The zero-order valence-corrected chi connectivity index (χ0v) is 12.0. The van der Waals surface area contributed by atoms with Crippen molar-refractivity contribution < 1.29 is 9.84 Å². The molecule has 0 amide bonds. The minimum atomic E-state index is -0.0581. The first-order valence-corrected chi connectivity index (χ1v) is 7.52. The molecule has 19 heavy (non-hydrogen) atoms. The Kier molecular flexibility index (Phi) is 3.48. The van der Waals surface area contributed by atoms with E-state index >= 15 is 0 Å². The van der Waals surface area contributed by atoms with Gasteiger partial charge in [-0.15, -0.1) is 0 Å². The molecule has 3 rings (SSSR count). The normalized spacial score (nSPS) is 36.5. The molecule has 0 aromatic carbocycles. The third-order valence-corrected chi connectivity index (χ3v) is 5.38. The van der Waals surface area contributed by atoms with Crippen LogP contribution in [-0.2, 0) is 4.74 Å². The van der Waals surface area contributed by atoms with Crippen LogP contribution >= 0.6 is 0 Å². The Morgan fingerprint density at radius 1 is 1.26 bits per heavy atom. The molecule has 1 saturated carbocycles. The summed E-state index contributed by atoms with van der Waals surface area (Å²) < 4.78 is 5.24. The SMILES string of the molecule is C=C(OC)N1CCC2(CC(N3CCC(O)CC3)C2)C1. The topological polar surface area (TPSA) is 35.9 Å². The van der Waals surface area contributed by atoms with E-state index < -0.39 is 0 Å². The number of nitrogens with zero attached hydrogens (tertiary/aromatic N) is 2. The summed E-state index contributed by atoms with van der Waals surface area (Å²) >= 11 is 0. The van der Waals surface area contributed by atoms with Gasteiger partial charge in [0.15, 0.2) is 5.88 Å². The van der Waals surface area contributed by atoms with Crippen LogP contribution in [0.3, 0.4) is 0 Å². The molecule has 3 aliphatic rings. The van der Waals surface area contributed by atoms with Crippen molar-refractivity contribution in [1.29, 1.82) is 0 Å². The minimum Gasteiger partial charge on any atom is -0.483 e. The largest absolute Gasteiger partial charge is 0.483 e. The van der Waals surface area contributed by atoms with Crippen LogP contribution < -0.4 is 0 Å². The molecule has 0 unspecified atom stereocenters. The van der Waals surface area contributed by atoms with E-state index in [9.17, 15) is 5.11 Å². The maximum atomic E-state index is 9.57. The Hall–Kier alpha value is -0.740. The monoisotopic (exact) mass is 266 g/mol. The number of hydrogen-bond donors (Lipinski definition) is 1. The second-order valence-electron chi connectivity index (χ2n) is 6.60. The molecule has 1 aliphatic carbocycles. The molecule has 108 valence electrons. The highest BCUT2D eigenvalue weighted by Crippen LogP contribution is 2.51. The van der Waals surface area contributed by atoms with Gasteiger partial charge < -0.3 is 19.6 Å². The number of hydrogen-bond acceptors (Lipinski definition) is 4. The maximum absolute atomic E-state index is 9.57. The Morgan fingerprint density at radius 3 is 2.58 bits per heavy atom. The van der Waals surface area contributed by atoms with Gasteiger partial charge in [0.25, 0.3) is 0 Å². The van der Waals surface area contributed by atoms with Crippen LogP contribution in [0.4, 0.5) is 0 Å². The molecule has 4 heteroatoms. The molecule has 1 spiro atoms. The van der Waals surface area contributed by atoms with Crippen molar-refractivity contribution >= 4 is 0 Å². The fraction of sp³-hybridized carbons (Fsp3) is 0.867. The smallest absolute Gasteiger partial charge is 0.181 e. The van der Waals surface area contributed by atoms with E-state index in [2.05, 4.69) is 16.4 Å². The lowest BCUT2D eigenvalue weighted by Gasteiger charge is -2.51. The van der Waals surface area contributed by atoms with Crippen molar-refractivity contribution in [3.8, 4) is 0 Å². The van der Waals surface area contributed by atoms with Crippen molar-refractivity contribution in [2.75, 3.05) is 33.3 Å². The molecule has 2 aliphatic heterocycles. The summed E-state index contributed by atoms with van der Waals surface area (Å²) in [5.74, 6) is 0.821. The average Bonchev–Trinajstić information content (AvgIpc) is 2.82. The van der Waals surface area contributed by atoms with E-state index in [0.717, 1.165) is 50.9 Å². The maximum Gasteiger partial charge on any atom is 0.181 e. The highest BCUT2D eigenvalue weighted by atomic mass is 16.5. The van der Waals surface area contributed by atoms with Gasteiger partial charge in [0.1, 0.15) is 0 Å². The highest BCUT2D eigenvalue weighted by Gasteiger charge is 2.50. The van der Waals surface area contributed by atoms with E-state index in [1.165, 1.54) is 19.3 Å². The first-order chi connectivity index (χ1) is 9.12. The molecule has 2 heterocycles. The molecular formula is C15H26N2O2. The van der Waals surface area contributed by atoms with Gasteiger partial charge in [0.05, 0.1) is 13.2 Å². The van der Waals surface area contributed by atoms with Crippen LogP contribution in [0.1, 0.15) is 32.1 Å². The van der Waals surface area contributed by atoms with Gasteiger partial charge >= 0.3 is 0 Å². The molecule has 0 bridgehead atoms. The first-order valence-electron chi connectivity index (χ1n) is 7.52. The zero-order valence-electron chi connectivity index (χ0n) is 12.0. The summed E-state index contributed by atoms with van der Waals surface area (Å²) in [5.41, 5.74) is 0.516. The number of ether oxygens (including phenoxy) is 1. The van der Waals surface area contributed by atoms with Crippen LogP contribution in [0.15, 0.2) is 12.5 Å². The quantitative estimate of drug-likeness (QED) is 0.784. The average molecular weight is 266 g/mol. The number of aliphatic hydroxyl groups excluding tert-OH is 1. The fourth-order valence-electron chi connectivity index (χ4n) is 4.06. The molecular weight excluding hydrogens is 240 g/mol. The second-order valence-corrected chi connectivity index (χ2v) is 6.60. The van der Waals surface area contributed by atoms with Crippen LogP contribution in [0.5, 0.6) is 0 Å². The predicted molar refractivity (Wildman–Crippen MR) is 74.6 cm³/mol. The summed E-state index contributed by atoms with van der Waals surface area (Å²) in [6, 6.07) is 0.753. The Balaban J connectivity index is 1.49. The molecule has 2 saturated heterocycles. The van der Waals surface area contributed by atoms with Gasteiger partial charge in [0.2, 0.25) is 0 Å². The summed E-state index contributed by atoms with van der Waals surface area (Å²) in [4.78, 5) is 4.88. The number of likely N-dealkylation sites (tertiary alicyclic amines) is 2. The minimum absolute atomic E-state index is 0.0581.